The van der Waals surface area contributed by atoms with Gasteiger partial charge in [0.15, 0.2) is 0 Å². The van der Waals surface area contributed by atoms with Crippen LogP contribution in [0.1, 0.15) is 16.8 Å². The topological polar surface area (TPSA) is 40.5 Å². The first-order chi connectivity index (χ1) is 8.09. The van der Waals surface area contributed by atoms with Gasteiger partial charge in [0.25, 0.3) is 5.91 Å². The van der Waals surface area contributed by atoms with E-state index in [1.165, 1.54) is 12.1 Å². The Morgan fingerprint density at radius 3 is 3.00 bits per heavy atom. The van der Waals surface area contributed by atoms with Gasteiger partial charge >= 0.3 is 0 Å². The normalized spacial score (nSPS) is 19.3. The number of halogens is 1. The van der Waals surface area contributed by atoms with E-state index in [9.17, 15) is 9.90 Å². The quantitative estimate of drug-likeness (QED) is 0.899. The smallest absolute Gasteiger partial charge is 0.255 e. The Morgan fingerprint density at radius 2 is 2.35 bits per heavy atom. The zero-order chi connectivity index (χ0) is 12.4. The number of thioether (sulfide) groups is 1. The molecular weight excluding hydrogens is 258 g/mol. The number of phenolic OH excluding ortho intramolecular Hbond substituents is 1. The van der Waals surface area contributed by atoms with Gasteiger partial charge in [0.2, 0.25) is 0 Å². The Labute approximate surface area is 110 Å². The monoisotopic (exact) mass is 271 g/mol. The molecule has 17 heavy (non-hydrogen) atoms. The Hall–Kier alpha value is -0.870. The van der Waals surface area contributed by atoms with Gasteiger partial charge in [-0.3, -0.25) is 4.79 Å². The molecule has 0 aliphatic carbocycles. The number of rotatable bonds is 2. The van der Waals surface area contributed by atoms with Crippen molar-refractivity contribution in [2.24, 2.45) is 0 Å². The first kappa shape index (κ1) is 12.6. The molecule has 1 aliphatic heterocycles. The second-order valence-corrected chi connectivity index (χ2v) is 5.65. The van der Waals surface area contributed by atoms with Gasteiger partial charge in [-0.2, -0.15) is 11.8 Å². The lowest BCUT2D eigenvalue weighted by atomic mass is 10.1. The molecule has 0 spiro atoms. The molecule has 1 amide bonds. The highest BCUT2D eigenvalue weighted by Gasteiger charge is 2.25. The van der Waals surface area contributed by atoms with Crippen LogP contribution in [0, 0.1) is 0 Å². The molecule has 1 aromatic carbocycles. The summed E-state index contributed by atoms with van der Waals surface area (Å²) in [6.07, 6.45) is 1.02. The summed E-state index contributed by atoms with van der Waals surface area (Å²) in [4.78, 5) is 13.9. The van der Waals surface area contributed by atoms with Crippen LogP contribution in [0.4, 0.5) is 0 Å². The highest BCUT2D eigenvalue weighted by atomic mass is 35.5. The summed E-state index contributed by atoms with van der Waals surface area (Å²) < 4.78 is 0. The number of carbonyl (C=O) groups excluding carboxylic acids is 1. The predicted octanol–water partition coefficient (Wildman–Crippen LogP) is 2.62. The third-order valence-corrected chi connectivity index (χ3v) is 4.43. The molecular formula is C12H14ClNO2S. The maximum Gasteiger partial charge on any atom is 0.255 e. The maximum atomic E-state index is 12.2. The summed E-state index contributed by atoms with van der Waals surface area (Å²) >= 11 is 7.83. The van der Waals surface area contributed by atoms with Crippen molar-refractivity contribution in [3.05, 3.63) is 28.8 Å². The van der Waals surface area contributed by atoms with Crippen molar-refractivity contribution in [2.45, 2.75) is 12.5 Å². The first-order valence-electron chi connectivity index (χ1n) is 5.43. The Kier molecular flexibility index (Phi) is 3.84. The molecule has 1 aliphatic rings. The molecule has 1 fully saturated rings. The van der Waals surface area contributed by atoms with Gasteiger partial charge in [-0.05, 0) is 30.4 Å². The van der Waals surface area contributed by atoms with Crippen molar-refractivity contribution < 1.29 is 9.90 Å². The summed E-state index contributed by atoms with van der Waals surface area (Å²) in [5.74, 6) is 2.00. The van der Waals surface area contributed by atoms with Crippen LogP contribution < -0.4 is 0 Å². The van der Waals surface area contributed by atoms with Crippen molar-refractivity contribution in [1.29, 1.82) is 0 Å². The first-order valence-corrected chi connectivity index (χ1v) is 6.96. The van der Waals surface area contributed by atoms with Crippen molar-refractivity contribution >= 4 is 29.3 Å². The number of benzene rings is 1. The van der Waals surface area contributed by atoms with Gasteiger partial charge in [-0.25, -0.2) is 0 Å². The molecule has 1 saturated heterocycles. The molecule has 1 atom stereocenters. The van der Waals surface area contributed by atoms with Crippen LogP contribution in [0.25, 0.3) is 0 Å². The van der Waals surface area contributed by atoms with E-state index in [4.69, 9.17) is 11.6 Å². The molecule has 0 saturated carbocycles. The van der Waals surface area contributed by atoms with E-state index in [1.807, 2.05) is 11.8 Å². The molecule has 1 N–H and O–H groups in total. The standard InChI is InChI=1S/C12H14ClNO2S/c1-14(8-4-5-17-7-8)12(16)10-6-9(15)2-3-11(10)13/h2-3,6,8,15H,4-5,7H2,1H3. The zero-order valence-electron chi connectivity index (χ0n) is 9.52. The maximum absolute atomic E-state index is 12.2. The minimum atomic E-state index is -0.126. The van der Waals surface area contributed by atoms with Crippen LogP contribution in [-0.2, 0) is 0 Å². The molecule has 2 rings (SSSR count). The van der Waals surface area contributed by atoms with Crippen LogP contribution in [0.15, 0.2) is 18.2 Å². The summed E-state index contributed by atoms with van der Waals surface area (Å²) in [5, 5.41) is 9.78. The van der Waals surface area contributed by atoms with Gasteiger partial charge in [-0.15, -0.1) is 0 Å². The molecule has 92 valence electrons. The molecule has 3 nitrogen and oxygen atoms in total. The molecule has 1 aromatic rings. The van der Waals surface area contributed by atoms with Crippen molar-refractivity contribution in [3.8, 4) is 5.75 Å². The van der Waals surface area contributed by atoms with Crippen LogP contribution in [0.2, 0.25) is 5.02 Å². The summed E-state index contributed by atoms with van der Waals surface area (Å²) in [5.41, 5.74) is 0.367. The fourth-order valence-electron chi connectivity index (χ4n) is 1.86. The van der Waals surface area contributed by atoms with E-state index in [0.717, 1.165) is 17.9 Å². The number of carbonyl (C=O) groups is 1. The molecule has 0 aromatic heterocycles. The van der Waals surface area contributed by atoms with Crippen molar-refractivity contribution in [1.82, 2.24) is 4.90 Å². The second kappa shape index (κ2) is 5.19. The van der Waals surface area contributed by atoms with Crippen LogP contribution in [0.3, 0.4) is 0 Å². The minimum absolute atomic E-state index is 0.0620. The number of amides is 1. The Balaban J connectivity index is 2.20. The highest BCUT2D eigenvalue weighted by Crippen LogP contribution is 2.26. The number of nitrogens with zero attached hydrogens (tertiary/aromatic N) is 1. The van der Waals surface area contributed by atoms with E-state index in [1.54, 1.807) is 18.0 Å². The predicted molar refractivity (Wildman–Crippen MR) is 70.9 cm³/mol. The summed E-state index contributed by atoms with van der Waals surface area (Å²) in [6.45, 7) is 0. The average molecular weight is 272 g/mol. The highest BCUT2D eigenvalue weighted by molar-refractivity contribution is 7.99. The van der Waals surface area contributed by atoms with Gasteiger partial charge in [0, 0.05) is 18.8 Å². The van der Waals surface area contributed by atoms with E-state index in [2.05, 4.69) is 0 Å². The van der Waals surface area contributed by atoms with E-state index < -0.39 is 0 Å². The lowest BCUT2D eigenvalue weighted by molar-refractivity contribution is 0.0747. The van der Waals surface area contributed by atoms with Gasteiger partial charge in [-0.1, -0.05) is 11.6 Å². The zero-order valence-corrected chi connectivity index (χ0v) is 11.1. The number of hydrogen-bond acceptors (Lipinski definition) is 3. The van der Waals surface area contributed by atoms with Crippen LogP contribution in [0.5, 0.6) is 5.75 Å². The molecule has 1 unspecified atom stereocenters. The van der Waals surface area contributed by atoms with Gasteiger partial charge in [0.1, 0.15) is 5.75 Å². The van der Waals surface area contributed by atoms with E-state index in [0.29, 0.717) is 10.6 Å². The summed E-state index contributed by atoms with van der Waals surface area (Å²) in [6, 6.07) is 4.71. The SMILES string of the molecule is CN(C(=O)c1cc(O)ccc1Cl)C1CCSC1. The number of hydrogen-bond donors (Lipinski definition) is 1. The largest absolute Gasteiger partial charge is 0.508 e. The fourth-order valence-corrected chi connectivity index (χ4v) is 3.33. The van der Waals surface area contributed by atoms with Gasteiger partial charge in [0.05, 0.1) is 10.6 Å². The summed E-state index contributed by atoms with van der Waals surface area (Å²) in [7, 11) is 1.79. The van der Waals surface area contributed by atoms with Crippen LogP contribution in [-0.4, -0.2) is 40.5 Å². The van der Waals surface area contributed by atoms with Crippen molar-refractivity contribution in [3.63, 3.8) is 0 Å². The van der Waals surface area contributed by atoms with E-state index in [-0.39, 0.29) is 17.7 Å². The molecule has 0 radical (unpaired) electrons. The average Bonchev–Trinajstić information content (AvgIpc) is 2.84. The number of aromatic hydroxyl groups is 1. The minimum Gasteiger partial charge on any atom is -0.508 e. The lowest BCUT2D eigenvalue weighted by Gasteiger charge is -2.24. The molecule has 1 heterocycles. The molecule has 0 bridgehead atoms. The van der Waals surface area contributed by atoms with Crippen molar-refractivity contribution in [2.75, 3.05) is 18.6 Å². The number of phenols is 1. The fraction of sp³-hybridized carbons (Fsp3) is 0.417. The third kappa shape index (κ3) is 2.69. The van der Waals surface area contributed by atoms with E-state index >= 15 is 0 Å². The Bertz CT molecular complexity index is 433. The third-order valence-electron chi connectivity index (χ3n) is 2.95. The second-order valence-electron chi connectivity index (χ2n) is 4.10. The Morgan fingerprint density at radius 1 is 1.59 bits per heavy atom. The molecule has 5 heteroatoms. The lowest BCUT2D eigenvalue weighted by Crippen LogP contribution is -2.37. The van der Waals surface area contributed by atoms with Gasteiger partial charge < -0.3 is 10.0 Å². The van der Waals surface area contributed by atoms with Crippen LogP contribution >= 0.6 is 23.4 Å².